The van der Waals surface area contributed by atoms with Crippen molar-refractivity contribution in [1.29, 1.82) is 0 Å². The molecule has 0 bridgehead atoms. The fourth-order valence-electron chi connectivity index (χ4n) is 3.67. The maximum atomic E-state index is 3.79. The number of hydrazine groups is 1. The lowest BCUT2D eigenvalue weighted by atomic mass is 9.76. The van der Waals surface area contributed by atoms with Gasteiger partial charge in [0.1, 0.15) is 0 Å². The lowest BCUT2D eigenvalue weighted by Crippen LogP contribution is -2.58. The van der Waals surface area contributed by atoms with Crippen molar-refractivity contribution in [2.45, 2.75) is 70.0 Å². The molecule has 2 atom stereocenters. The van der Waals surface area contributed by atoms with E-state index < -0.39 is 0 Å². The highest BCUT2D eigenvalue weighted by molar-refractivity contribution is 9.10. The van der Waals surface area contributed by atoms with Gasteiger partial charge in [-0.25, -0.2) is 5.01 Å². The normalized spacial score (nSPS) is 34.8. The molecule has 110 valence electrons. The van der Waals surface area contributed by atoms with Gasteiger partial charge in [0, 0.05) is 22.6 Å². The Labute approximate surface area is 131 Å². The second-order valence-corrected chi connectivity index (χ2v) is 7.41. The number of nitrogens with one attached hydrogen (secondary N) is 1. The summed E-state index contributed by atoms with van der Waals surface area (Å²) >= 11 is 3.68. The number of piperidine rings is 1. The monoisotopic (exact) mass is 336 g/mol. The minimum Gasteiger partial charge on any atom is -0.252 e. The van der Waals surface area contributed by atoms with Gasteiger partial charge in [-0.2, -0.15) is 0 Å². The Morgan fingerprint density at radius 3 is 2.40 bits per heavy atom. The Bertz CT molecular complexity index is 446. The van der Waals surface area contributed by atoms with Crippen molar-refractivity contribution in [1.82, 2.24) is 10.4 Å². The number of halogens is 1. The minimum absolute atomic E-state index is 0.662. The van der Waals surface area contributed by atoms with E-state index in [1.807, 2.05) is 0 Å². The van der Waals surface area contributed by atoms with Crippen molar-refractivity contribution >= 4 is 15.9 Å². The van der Waals surface area contributed by atoms with Gasteiger partial charge in [-0.1, -0.05) is 40.5 Å². The van der Waals surface area contributed by atoms with Crippen LogP contribution in [0.1, 0.15) is 57.4 Å². The van der Waals surface area contributed by atoms with E-state index in [-0.39, 0.29) is 0 Å². The standard InChI is InChI=1S/C17H25BrN2/c1-12-6-5-7-13(2)20(12)19-15-10-14(11-15)16-8-3-4-9-17(16)18/h3-4,8-9,12-15,19H,5-7,10-11H2,1-2H3. The summed E-state index contributed by atoms with van der Waals surface area (Å²) < 4.78 is 1.27. The average Bonchev–Trinajstić information content (AvgIpc) is 2.37. The fourth-order valence-corrected chi connectivity index (χ4v) is 4.28. The molecule has 1 aliphatic heterocycles. The molecule has 2 nitrogen and oxygen atoms in total. The lowest BCUT2D eigenvalue weighted by Gasteiger charge is -2.46. The largest absolute Gasteiger partial charge is 0.252 e. The molecular formula is C17H25BrN2. The first-order chi connectivity index (χ1) is 9.65. The number of rotatable bonds is 3. The molecule has 20 heavy (non-hydrogen) atoms. The number of hydrogen-bond acceptors (Lipinski definition) is 2. The van der Waals surface area contributed by atoms with Crippen molar-refractivity contribution in [3.05, 3.63) is 34.3 Å². The molecule has 1 aromatic rings. The summed E-state index contributed by atoms with van der Waals surface area (Å²) in [4.78, 5) is 0. The Morgan fingerprint density at radius 1 is 1.10 bits per heavy atom. The molecular weight excluding hydrogens is 312 g/mol. The fraction of sp³-hybridized carbons (Fsp3) is 0.647. The van der Waals surface area contributed by atoms with Crippen molar-refractivity contribution in [2.24, 2.45) is 0 Å². The van der Waals surface area contributed by atoms with Gasteiger partial charge in [-0.3, -0.25) is 5.43 Å². The third-order valence-electron chi connectivity index (χ3n) is 5.01. The van der Waals surface area contributed by atoms with E-state index in [1.54, 1.807) is 0 Å². The van der Waals surface area contributed by atoms with E-state index >= 15 is 0 Å². The minimum atomic E-state index is 0.662. The molecule has 1 N–H and O–H groups in total. The van der Waals surface area contributed by atoms with Crippen molar-refractivity contribution in [3.63, 3.8) is 0 Å². The summed E-state index contributed by atoms with van der Waals surface area (Å²) in [7, 11) is 0. The van der Waals surface area contributed by atoms with Crippen LogP contribution in [0.3, 0.4) is 0 Å². The van der Waals surface area contributed by atoms with E-state index in [0.29, 0.717) is 18.1 Å². The SMILES string of the molecule is CC1CCCC(C)N1NC1CC(c2ccccc2Br)C1. The van der Waals surface area contributed by atoms with Gasteiger partial charge in [-0.05, 0) is 57.1 Å². The lowest BCUT2D eigenvalue weighted by molar-refractivity contribution is 0.0106. The van der Waals surface area contributed by atoms with Gasteiger partial charge in [0.05, 0.1) is 0 Å². The molecule has 3 rings (SSSR count). The van der Waals surface area contributed by atoms with E-state index in [1.165, 1.54) is 42.1 Å². The van der Waals surface area contributed by atoms with Crippen LogP contribution in [-0.4, -0.2) is 23.1 Å². The molecule has 3 heteroatoms. The molecule has 0 amide bonds. The zero-order valence-corrected chi connectivity index (χ0v) is 14.1. The van der Waals surface area contributed by atoms with Crippen molar-refractivity contribution in [2.75, 3.05) is 0 Å². The predicted molar refractivity (Wildman–Crippen MR) is 87.7 cm³/mol. The summed E-state index contributed by atoms with van der Waals surface area (Å²) in [5.74, 6) is 0.721. The van der Waals surface area contributed by atoms with Crippen LogP contribution < -0.4 is 5.43 Å². The smallest absolute Gasteiger partial charge is 0.0227 e. The van der Waals surface area contributed by atoms with E-state index in [4.69, 9.17) is 0 Å². The molecule has 2 fully saturated rings. The molecule has 1 saturated carbocycles. The average molecular weight is 337 g/mol. The van der Waals surface area contributed by atoms with Crippen molar-refractivity contribution < 1.29 is 0 Å². The van der Waals surface area contributed by atoms with Crippen LogP contribution in [0.15, 0.2) is 28.7 Å². The molecule has 1 aromatic carbocycles. The first-order valence-corrected chi connectivity index (χ1v) is 8.73. The van der Waals surface area contributed by atoms with Crippen LogP contribution in [-0.2, 0) is 0 Å². The van der Waals surface area contributed by atoms with Crippen LogP contribution in [0.25, 0.3) is 0 Å². The van der Waals surface area contributed by atoms with Gasteiger partial charge in [0.15, 0.2) is 0 Å². The number of benzene rings is 1. The topological polar surface area (TPSA) is 15.3 Å². The van der Waals surface area contributed by atoms with Crippen LogP contribution in [0, 0.1) is 0 Å². The molecule has 1 heterocycles. The molecule has 0 spiro atoms. The second-order valence-electron chi connectivity index (χ2n) is 6.55. The van der Waals surface area contributed by atoms with Gasteiger partial charge < -0.3 is 0 Å². The maximum absolute atomic E-state index is 3.79. The molecule has 2 unspecified atom stereocenters. The second kappa shape index (κ2) is 6.17. The quantitative estimate of drug-likeness (QED) is 0.876. The first kappa shape index (κ1) is 14.6. The van der Waals surface area contributed by atoms with E-state index in [2.05, 4.69) is 64.5 Å². The summed E-state index contributed by atoms with van der Waals surface area (Å²) in [5.41, 5.74) is 5.27. The first-order valence-electron chi connectivity index (χ1n) is 7.94. The summed E-state index contributed by atoms with van der Waals surface area (Å²) in [6.45, 7) is 4.71. The highest BCUT2D eigenvalue weighted by atomic mass is 79.9. The Balaban J connectivity index is 1.54. The molecule has 2 aliphatic rings. The summed E-state index contributed by atoms with van der Waals surface area (Å²) in [5, 5.41) is 2.52. The zero-order chi connectivity index (χ0) is 14.1. The molecule has 1 saturated heterocycles. The Kier molecular flexibility index (Phi) is 4.49. The van der Waals surface area contributed by atoms with Crippen LogP contribution in [0.4, 0.5) is 0 Å². The van der Waals surface area contributed by atoms with Gasteiger partial charge in [-0.15, -0.1) is 0 Å². The molecule has 0 radical (unpaired) electrons. The molecule has 1 aliphatic carbocycles. The van der Waals surface area contributed by atoms with E-state index in [9.17, 15) is 0 Å². The highest BCUT2D eigenvalue weighted by Gasteiger charge is 2.35. The highest BCUT2D eigenvalue weighted by Crippen LogP contribution is 2.40. The summed E-state index contributed by atoms with van der Waals surface area (Å²) in [6.07, 6.45) is 6.57. The Morgan fingerprint density at radius 2 is 1.75 bits per heavy atom. The van der Waals surface area contributed by atoms with Gasteiger partial charge in [0.2, 0.25) is 0 Å². The zero-order valence-electron chi connectivity index (χ0n) is 12.5. The Hall–Kier alpha value is -0.380. The predicted octanol–water partition coefficient (Wildman–Crippen LogP) is 4.46. The number of nitrogens with zero attached hydrogens (tertiary/aromatic N) is 1. The van der Waals surface area contributed by atoms with Gasteiger partial charge in [0.25, 0.3) is 0 Å². The van der Waals surface area contributed by atoms with Crippen LogP contribution in [0.5, 0.6) is 0 Å². The number of hydrogen-bond donors (Lipinski definition) is 1. The third-order valence-corrected chi connectivity index (χ3v) is 5.73. The summed E-state index contributed by atoms with van der Waals surface area (Å²) in [6, 6.07) is 10.7. The van der Waals surface area contributed by atoms with Crippen LogP contribution in [0.2, 0.25) is 0 Å². The van der Waals surface area contributed by atoms with Gasteiger partial charge >= 0.3 is 0 Å². The molecule has 0 aromatic heterocycles. The third kappa shape index (κ3) is 2.95. The van der Waals surface area contributed by atoms with E-state index in [0.717, 1.165) is 5.92 Å². The van der Waals surface area contributed by atoms with Crippen molar-refractivity contribution in [3.8, 4) is 0 Å². The maximum Gasteiger partial charge on any atom is 0.0227 e. The van der Waals surface area contributed by atoms with Crippen LogP contribution >= 0.6 is 15.9 Å².